The standard InChI is InChI=1S/C11H16N4S/c1-7(4-12)11-13-10(6-16-11)9-5-15(3)14-8(9)2/h5-7H,4,12H2,1-3H3. The number of aryl methyl sites for hydroxylation is 2. The third-order valence-electron chi connectivity index (χ3n) is 2.59. The van der Waals surface area contributed by atoms with Crippen LogP contribution in [0.4, 0.5) is 0 Å². The van der Waals surface area contributed by atoms with E-state index >= 15 is 0 Å². The molecule has 0 spiro atoms. The number of thiazole rings is 1. The number of rotatable bonds is 3. The van der Waals surface area contributed by atoms with Crippen molar-refractivity contribution < 1.29 is 0 Å². The molecule has 2 rings (SSSR count). The fourth-order valence-corrected chi connectivity index (χ4v) is 2.48. The van der Waals surface area contributed by atoms with Gasteiger partial charge in [-0.2, -0.15) is 5.10 Å². The van der Waals surface area contributed by atoms with Crippen LogP contribution in [-0.4, -0.2) is 21.3 Å². The van der Waals surface area contributed by atoms with E-state index in [0.29, 0.717) is 12.5 Å². The van der Waals surface area contributed by atoms with Crippen LogP contribution in [0, 0.1) is 6.92 Å². The largest absolute Gasteiger partial charge is 0.330 e. The predicted octanol–water partition coefficient (Wildman–Crippen LogP) is 1.91. The molecule has 0 aliphatic carbocycles. The molecule has 86 valence electrons. The topological polar surface area (TPSA) is 56.7 Å². The molecule has 2 heterocycles. The first-order chi connectivity index (χ1) is 7.61. The first-order valence-corrected chi connectivity index (χ1v) is 6.16. The Labute approximate surface area is 99.1 Å². The van der Waals surface area contributed by atoms with Crippen molar-refractivity contribution in [3.8, 4) is 11.3 Å². The van der Waals surface area contributed by atoms with Gasteiger partial charge in [0.1, 0.15) is 0 Å². The molecule has 0 saturated heterocycles. The summed E-state index contributed by atoms with van der Waals surface area (Å²) in [6.45, 7) is 4.73. The third kappa shape index (κ3) is 2.01. The summed E-state index contributed by atoms with van der Waals surface area (Å²) in [6.07, 6.45) is 2.00. The normalized spacial score (nSPS) is 13.0. The monoisotopic (exact) mass is 236 g/mol. The van der Waals surface area contributed by atoms with E-state index < -0.39 is 0 Å². The molecule has 0 aliphatic rings. The molecule has 0 saturated carbocycles. The van der Waals surface area contributed by atoms with E-state index in [4.69, 9.17) is 5.73 Å². The minimum absolute atomic E-state index is 0.329. The number of hydrogen-bond acceptors (Lipinski definition) is 4. The van der Waals surface area contributed by atoms with Crippen molar-refractivity contribution >= 4 is 11.3 Å². The summed E-state index contributed by atoms with van der Waals surface area (Å²) in [5.41, 5.74) is 8.76. The van der Waals surface area contributed by atoms with Crippen LogP contribution >= 0.6 is 11.3 Å². The predicted molar refractivity (Wildman–Crippen MR) is 66.5 cm³/mol. The number of aromatic nitrogens is 3. The average molecular weight is 236 g/mol. The lowest BCUT2D eigenvalue weighted by Crippen LogP contribution is -2.08. The van der Waals surface area contributed by atoms with Crippen LogP contribution in [0.5, 0.6) is 0 Å². The number of hydrogen-bond donors (Lipinski definition) is 1. The molecule has 5 heteroatoms. The van der Waals surface area contributed by atoms with Crippen molar-refractivity contribution in [2.75, 3.05) is 6.54 Å². The molecule has 2 aromatic rings. The first kappa shape index (κ1) is 11.3. The second kappa shape index (κ2) is 4.35. The van der Waals surface area contributed by atoms with E-state index in [1.165, 1.54) is 0 Å². The maximum Gasteiger partial charge on any atom is 0.0973 e. The lowest BCUT2D eigenvalue weighted by Gasteiger charge is -2.01. The Morgan fingerprint density at radius 1 is 1.56 bits per heavy atom. The van der Waals surface area contributed by atoms with Gasteiger partial charge >= 0.3 is 0 Å². The zero-order valence-corrected chi connectivity index (χ0v) is 10.6. The highest BCUT2D eigenvalue weighted by atomic mass is 32.1. The van der Waals surface area contributed by atoms with Gasteiger partial charge in [0.05, 0.1) is 16.4 Å². The molecule has 0 bridgehead atoms. The summed E-state index contributed by atoms with van der Waals surface area (Å²) in [5.74, 6) is 0.329. The summed E-state index contributed by atoms with van der Waals surface area (Å²) < 4.78 is 1.82. The van der Waals surface area contributed by atoms with Gasteiger partial charge in [0.2, 0.25) is 0 Å². The van der Waals surface area contributed by atoms with Crippen molar-refractivity contribution in [1.82, 2.24) is 14.8 Å². The van der Waals surface area contributed by atoms with Crippen LogP contribution in [0.15, 0.2) is 11.6 Å². The zero-order valence-electron chi connectivity index (χ0n) is 9.77. The summed E-state index contributed by atoms with van der Waals surface area (Å²) >= 11 is 1.67. The molecule has 4 nitrogen and oxygen atoms in total. The molecule has 1 unspecified atom stereocenters. The van der Waals surface area contributed by atoms with Crippen LogP contribution in [0.3, 0.4) is 0 Å². The Hall–Kier alpha value is -1.20. The molecule has 0 fully saturated rings. The van der Waals surface area contributed by atoms with Gasteiger partial charge in [0.15, 0.2) is 0 Å². The van der Waals surface area contributed by atoms with E-state index in [1.54, 1.807) is 11.3 Å². The molecule has 1 atom stereocenters. The highest BCUT2D eigenvalue weighted by Gasteiger charge is 2.13. The van der Waals surface area contributed by atoms with E-state index in [2.05, 4.69) is 22.4 Å². The fraction of sp³-hybridized carbons (Fsp3) is 0.455. The molecular formula is C11H16N4S. The Bertz CT molecular complexity index is 486. The minimum atomic E-state index is 0.329. The molecule has 16 heavy (non-hydrogen) atoms. The van der Waals surface area contributed by atoms with Crippen molar-refractivity contribution in [2.24, 2.45) is 12.8 Å². The van der Waals surface area contributed by atoms with Gasteiger partial charge in [0, 0.05) is 36.7 Å². The van der Waals surface area contributed by atoms with Crippen LogP contribution in [-0.2, 0) is 7.05 Å². The van der Waals surface area contributed by atoms with Crippen LogP contribution in [0.1, 0.15) is 23.5 Å². The Kier molecular flexibility index (Phi) is 3.07. The Morgan fingerprint density at radius 3 is 2.88 bits per heavy atom. The Morgan fingerprint density at radius 2 is 2.31 bits per heavy atom. The van der Waals surface area contributed by atoms with E-state index in [0.717, 1.165) is 22.0 Å². The molecular weight excluding hydrogens is 220 g/mol. The van der Waals surface area contributed by atoms with Gasteiger partial charge in [-0.25, -0.2) is 4.98 Å². The van der Waals surface area contributed by atoms with Crippen molar-refractivity contribution in [3.63, 3.8) is 0 Å². The van der Waals surface area contributed by atoms with Crippen molar-refractivity contribution in [3.05, 3.63) is 22.3 Å². The third-order valence-corrected chi connectivity index (χ3v) is 3.66. The number of nitrogens with zero attached hydrogens (tertiary/aromatic N) is 3. The van der Waals surface area contributed by atoms with Crippen LogP contribution < -0.4 is 5.73 Å². The minimum Gasteiger partial charge on any atom is -0.330 e. The summed E-state index contributed by atoms with van der Waals surface area (Å²) in [5, 5.41) is 7.49. The van der Waals surface area contributed by atoms with Crippen molar-refractivity contribution in [2.45, 2.75) is 19.8 Å². The molecule has 2 N–H and O–H groups in total. The number of nitrogens with two attached hydrogens (primary N) is 1. The van der Waals surface area contributed by atoms with Gasteiger partial charge in [0.25, 0.3) is 0 Å². The fourth-order valence-electron chi connectivity index (χ4n) is 1.59. The van der Waals surface area contributed by atoms with Gasteiger partial charge in [-0.05, 0) is 6.92 Å². The van der Waals surface area contributed by atoms with Crippen LogP contribution in [0.25, 0.3) is 11.3 Å². The molecule has 0 aromatic carbocycles. The lowest BCUT2D eigenvalue weighted by atomic mass is 10.2. The maximum absolute atomic E-state index is 5.64. The second-order valence-electron chi connectivity index (χ2n) is 4.01. The van der Waals surface area contributed by atoms with Gasteiger partial charge < -0.3 is 5.73 Å². The smallest absolute Gasteiger partial charge is 0.0973 e. The highest BCUT2D eigenvalue weighted by molar-refractivity contribution is 7.10. The van der Waals surface area contributed by atoms with Crippen LogP contribution in [0.2, 0.25) is 0 Å². The van der Waals surface area contributed by atoms with Crippen molar-refractivity contribution in [1.29, 1.82) is 0 Å². The second-order valence-corrected chi connectivity index (χ2v) is 4.90. The summed E-state index contributed by atoms with van der Waals surface area (Å²) in [4.78, 5) is 4.61. The maximum atomic E-state index is 5.64. The van der Waals surface area contributed by atoms with Gasteiger partial charge in [-0.1, -0.05) is 6.92 Å². The molecule has 2 aromatic heterocycles. The SMILES string of the molecule is Cc1nn(C)cc1-c1csc(C(C)CN)n1. The first-order valence-electron chi connectivity index (χ1n) is 5.28. The zero-order chi connectivity index (χ0) is 11.7. The highest BCUT2D eigenvalue weighted by Crippen LogP contribution is 2.27. The summed E-state index contributed by atoms with van der Waals surface area (Å²) in [7, 11) is 1.92. The Balaban J connectivity index is 2.35. The average Bonchev–Trinajstić information content (AvgIpc) is 2.83. The lowest BCUT2D eigenvalue weighted by molar-refractivity contribution is 0.756. The quantitative estimate of drug-likeness (QED) is 0.885. The van der Waals surface area contributed by atoms with Gasteiger partial charge in [-0.3, -0.25) is 4.68 Å². The molecule has 0 aliphatic heterocycles. The van der Waals surface area contributed by atoms with Gasteiger partial charge in [-0.15, -0.1) is 11.3 Å². The van der Waals surface area contributed by atoms with E-state index in [-0.39, 0.29) is 0 Å². The van der Waals surface area contributed by atoms with E-state index in [1.807, 2.05) is 24.9 Å². The molecule has 0 radical (unpaired) electrons. The van der Waals surface area contributed by atoms with E-state index in [9.17, 15) is 0 Å². The summed E-state index contributed by atoms with van der Waals surface area (Å²) in [6, 6.07) is 0. The molecule has 0 amide bonds.